The van der Waals surface area contributed by atoms with Crippen LogP contribution in [0.25, 0.3) is 0 Å². The SMILES string of the molecule is CCCC(C)C[Si](c1ccccc1)c1ccccc1. The first-order valence-electron chi connectivity index (χ1n) is 7.28. The largest absolute Gasteiger partial charge is 0.121 e. The van der Waals surface area contributed by atoms with E-state index in [1.165, 1.54) is 18.9 Å². The molecule has 2 rings (SSSR count). The van der Waals surface area contributed by atoms with Crippen molar-refractivity contribution < 1.29 is 0 Å². The van der Waals surface area contributed by atoms with E-state index in [4.69, 9.17) is 0 Å². The van der Waals surface area contributed by atoms with Crippen LogP contribution in [0.2, 0.25) is 6.04 Å². The van der Waals surface area contributed by atoms with Crippen LogP contribution in [-0.2, 0) is 0 Å². The van der Waals surface area contributed by atoms with Gasteiger partial charge in [-0.3, -0.25) is 0 Å². The highest BCUT2D eigenvalue weighted by Gasteiger charge is 2.19. The van der Waals surface area contributed by atoms with Gasteiger partial charge >= 0.3 is 0 Å². The van der Waals surface area contributed by atoms with Crippen LogP contribution >= 0.6 is 0 Å². The van der Waals surface area contributed by atoms with Crippen LogP contribution in [0.5, 0.6) is 0 Å². The van der Waals surface area contributed by atoms with E-state index >= 15 is 0 Å². The fraction of sp³-hybridized carbons (Fsp3) is 0.333. The van der Waals surface area contributed by atoms with Gasteiger partial charge in [-0.25, -0.2) is 0 Å². The van der Waals surface area contributed by atoms with E-state index in [9.17, 15) is 0 Å². The van der Waals surface area contributed by atoms with Gasteiger partial charge in [-0.15, -0.1) is 0 Å². The maximum atomic E-state index is 2.40. The number of hydrogen-bond acceptors (Lipinski definition) is 0. The second kappa shape index (κ2) is 7.30. The van der Waals surface area contributed by atoms with Crippen LogP contribution in [0.4, 0.5) is 0 Å². The number of rotatable bonds is 6. The maximum Gasteiger partial charge on any atom is 0.121 e. The second-order valence-corrected chi connectivity index (χ2v) is 7.83. The fourth-order valence-electron chi connectivity index (χ4n) is 2.62. The van der Waals surface area contributed by atoms with Crippen molar-refractivity contribution in [3.63, 3.8) is 0 Å². The van der Waals surface area contributed by atoms with E-state index in [0.717, 1.165) is 5.92 Å². The van der Waals surface area contributed by atoms with E-state index in [0.29, 0.717) is 0 Å². The lowest BCUT2D eigenvalue weighted by Crippen LogP contribution is -2.43. The summed E-state index contributed by atoms with van der Waals surface area (Å²) in [7, 11) is -0.621. The summed E-state index contributed by atoms with van der Waals surface area (Å²) in [6, 6.07) is 23.5. The molecule has 0 fully saturated rings. The van der Waals surface area contributed by atoms with E-state index in [1.54, 1.807) is 10.4 Å². The minimum atomic E-state index is -0.621. The van der Waals surface area contributed by atoms with Crippen molar-refractivity contribution in [2.24, 2.45) is 5.92 Å². The summed E-state index contributed by atoms with van der Waals surface area (Å²) in [5.74, 6) is 0.819. The molecule has 99 valence electrons. The quantitative estimate of drug-likeness (QED) is 0.700. The first-order chi connectivity index (χ1) is 9.31. The van der Waals surface area contributed by atoms with Crippen molar-refractivity contribution in [3.05, 3.63) is 60.7 Å². The van der Waals surface area contributed by atoms with Gasteiger partial charge in [0.1, 0.15) is 8.80 Å². The highest BCUT2D eigenvalue weighted by Crippen LogP contribution is 2.13. The third-order valence-electron chi connectivity index (χ3n) is 3.58. The molecule has 1 radical (unpaired) electrons. The van der Waals surface area contributed by atoms with E-state index in [1.807, 2.05) is 0 Å². The Balaban J connectivity index is 2.24. The average molecular weight is 267 g/mol. The highest BCUT2D eigenvalue weighted by molar-refractivity contribution is 6.85. The van der Waals surface area contributed by atoms with Gasteiger partial charge in [0.2, 0.25) is 0 Å². The summed E-state index contributed by atoms with van der Waals surface area (Å²) < 4.78 is 0. The van der Waals surface area contributed by atoms with E-state index in [2.05, 4.69) is 74.5 Å². The molecule has 1 atom stereocenters. The van der Waals surface area contributed by atoms with Gasteiger partial charge in [-0.05, 0) is 12.0 Å². The van der Waals surface area contributed by atoms with Gasteiger partial charge < -0.3 is 0 Å². The van der Waals surface area contributed by atoms with Crippen molar-refractivity contribution in [1.82, 2.24) is 0 Å². The summed E-state index contributed by atoms with van der Waals surface area (Å²) in [6.45, 7) is 4.69. The Hall–Kier alpha value is -1.34. The molecule has 2 aromatic rings. The monoisotopic (exact) mass is 267 g/mol. The molecule has 0 heterocycles. The van der Waals surface area contributed by atoms with Gasteiger partial charge in [0, 0.05) is 0 Å². The van der Waals surface area contributed by atoms with E-state index in [-0.39, 0.29) is 0 Å². The van der Waals surface area contributed by atoms with Gasteiger partial charge in [-0.1, -0.05) is 97.7 Å². The Morgan fingerprint density at radius 2 is 1.32 bits per heavy atom. The van der Waals surface area contributed by atoms with Gasteiger partial charge in [0.15, 0.2) is 0 Å². The average Bonchev–Trinajstić information content (AvgIpc) is 2.47. The smallest absolute Gasteiger partial charge is 0.0654 e. The summed E-state index contributed by atoms with van der Waals surface area (Å²) >= 11 is 0. The Bertz CT molecular complexity index is 424. The second-order valence-electron chi connectivity index (χ2n) is 5.31. The molecular weight excluding hydrogens is 244 g/mol. The topological polar surface area (TPSA) is 0 Å². The summed E-state index contributed by atoms with van der Waals surface area (Å²) in [5.41, 5.74) is 0. The van der Waals surface area contributed by atoms with Crippen LogP contribution in [0.15, 0.2) is 60.7 Å². The van der Waals surface area contributed by atoms with Gasteiger partial charge in [-0.2, -0.15) is 0 Å². The number of hydrogen-bond donors (Lipinski definition) is 0. The zero-order valence-corrected chi connectivity index (χ0v) is 13.0. The van der Waals surface area contributed by atoms with Crippen LogP contribution in [0, 0.1) is 5.92 Å². The lowest BCUT2D eigenvalue weighted by molar-refractivity contribution is 0.573. The van der Waals surface area contributed by atoms with Gasteiger partial charge in [0.05, 0.1) is 0 Å². The van der Waals surface area contributed by atoms with Crippen molar-refractivity contribution in [1.29, 1.82) is 0 Å². The molecule has 0 N–H and O–H groups in total. The van der Waals surface area contributed by atoms with E-state index < -0.39 is 8.80 Å². The van der Waals surface area contributed by atoms with Crippen molar-refractivity contribution in [2.45, 2.75) is 32.7 Å². The molecule has 0 aliphatic carbocycles. The molecule has 19 heavy (non-hydrogen) atoms. The first-order valence-corrected chi connectivity index (χ1v) is 8.98. The normalized spacial score (nSPS) is 12.6. The maximum absolute atomic E-state index is 2.40. The molecule has 1 heteroatoms. The summed E-state index contributed by atoms with van der Waals surface area (Å²) in [6.07, 6.45) is 2.63. The lowest BCUT2D eigenvalue weighted by Gasteiger charge is -2.20. The van der Waals surface area contributed by atoms with Crippen molar-refractivity contribution >= 4 is 19.2 Å². The summed E-state index contributed by atoms with van der Waals surface area (Å²) in [4.78, 5) is 0. The van der Waals surface area contributed by atoms with Gasteiger partial charge in [0.25, 0.3) is 0 Å². The van der Waals surface area contributed by atoms with Crippen molar-refractivity contribution in [2.75, 3.05) is 0 Å². The van der Waals surface area contributed by atoms with Crippen LogP contribution < -0.4 is 10.4 Å². The zero-order chi connectivity index (χ0) is 13.5. The van der Waals surface area contributed by atoms with Crippen LogP contribution in [0.3, 0.4) is 0 Å². The molecular formula is C18H23Si. The predicted molar refractivity (Wildman–Crippen MR) is 86.8 cm³/mol. The van der Waals surface area contributed by atoms with Crippen LogP contribution in [0.1, 0.15) is 26.7 Å². The third-order valence-corrected chi connectivity index (χ3v) is 6.74. The molecule has 0 saturated carbocycles. The standard InChI is InChI=1S/C18H23Si/c1-3-10-16(2)15-19(17-11-6-4-7-12-17)18-13-8-5-9-14-18/h4-9,11-14,16H,3,10,15H2,1-2H3. The molecule has 0 saturated heterocycles. The Labute approximate surface area is 119 Å². The Morgan fingerprint density at radius 3 is 1.74 bits per heavy atom. The predicted octanol–water partition coefficient (Wildman–Crippen LogP) is 3.73. The fourth-order valence-corrected chi connectivity index (χ4v) is 5.52. The number of benzene rings is 2. The highest BCUT2D eigenvalue weighted by atomic mass is 28.3. The molecule has 0 amide bonds. The minimum Gasteiger partial charge on any atom is -0.0654 e. The molecule has 0 nitrogen and oxygen atoms in total. The summed E-state index contributed by atoms with van der Waals surface area (Å²) in [5, 5.41) is 3.09. The molecule has 0 bridgehead atoms. The first kappa shape index (κ1) is 14.1. The molecule has 0 aromatic heterocycles. The van der Waals surface area contributed by atoms with Crippen LogP contribution in [-0.4, -0.2) is 8.80 Å². The Morgan fingerprint density at radius 1 is 0.842 bits per heavy atom. The third kappa shape index (κ3) is 4.07. The van der Waals surface area contributed by atoms with Crippen molar-refractivity contribution in [3.8, 4) is 0 Å². The lowest BCUT2D eigenvalue weighted by atomic mass is 10.1. The molecule has 0 spiro atoms. The zero-order valence-electron chi connectivity index (χ0n) is 12.0. The molecule has 1 unspecified atom stereocenters. The molecule has 0 aliphatic heterocycles. The molecule has 2 aromatic carbocycles. The molecule has 0 aliphatic rings. The minimum absolute atomic E-state index is 0.621. The Kier molecular flexibility index (Phi) is 5.40.